The second-order valence-electron chi connectivity index (χ2n) is 8.23. The largest absolute Gasteiger partial charge is 0.494 e. The van der Waals surface area contributed by atoms with Crippen molar-refractivity contribution in [1.82, 2.24) is 4.98 Å². The molecule has 3 aromatic rings. The molecule has 0 aliphatic heterocycles. The zero-order chi connectivity index (χ0) is 22.4. The highest BCUT2D eigenvalue weighted by Crippen LogP contribution is 2.29. The molecule has 0 aliphatic carbocycles. The quantitative estimate of drug-likeness (QED) is 0.418. The van der Waals surface area contributed by atoms with Gasteiger partial charge in [0.1, 0.15) is 5.75 Å². The van der Waals surface area contributed by atoms with Crippen LogP contribution < -0.4 is 15.4 Å². The monoisotopic (exact) mass is 457 g/mol. The molecule has 2 N–H and O–H groups in total. The van der Waals surface area contributed by atoms with Crippen molar-refractivity contribution >= 4 is 55.9 Å². The van der Waals surface area contributed by atoms with Crippen LogP contribution in [0.15, 0.2) is 47.4 Å². The van der Waals surface area contributed by atoms with E-state index in [9.17, 15) is 9.59 Å². The highest BCUT2D eigenvalue weighted by atomic mass is 32.2. The fourth-order valence-electron chi connectivity index (χ4n) is 2.84. The SMILES string of the molecule is CCOc1ccc2nc(NC(=O)CSc3ccc(NC(=O)CC(C)(C)C)cc3)sc2c1. The number of hydrogen-bond donors (Lipinski definition) is 2. The van der Waals surface area contributed by atoms with Gasteiger partial charge in [-0.1, -0.05) is 32.1 Å². The van der Waals surface area contributed by atoms with E-state index in [0.717, 1.165) is 26.5 Å². The van der Waals surface area contributed by atoms with Crippen LogP contribution in [0.25, 0.3) is 10.2 Å². The number of ether oxygens (including phenoxy) is 1. The molecular weight excluding hydrogens is 430 g/mol. The van der Waals surface area contributed by atoms with E-state index >= 15 is 0 Å². The number of hydrogen-bond acceptors (Lipinski definition) is 6. The number of carbonyl (C=O) groups is 2. The van der Waals surface area contributed by atoms with Crippen molar-refractivity contribution in [2.24, 2.45) is 5.41 Å². The Balaban J connectivity index is 1.50. The van der Waals surface area contributed by atoms with E-state index in [1.807, 2.05) is 70.2 Å². The summed E-state index contributed by atoms with van der Waals surface area (Å²) in [6.07, 6.45) is 0.461. The van der Waals surface area contributed by atoms with Gasteiger partial charge in [-0.15, -0.1) is 11.8 Å². The number of anilines is 2. The van der Waals surface area contributed by atoms with Crippen molar-refractivity contribution in [3.05, 3.63) is 42.5 Å². The third-order valence-electron chi connectivity index (χ3n) is 4.12. The summed E-state index contributed by atoms with van der Waals surface area (Å²) in [5.41, 5.74) is 1.53. The summed E-state index contributed by atoms with van der Waals surface area (Å²) in [7, 11) is 0. The Morgan fingerprint density at radius 3 is 2.48 bits per heavy atom. The molecular formula is C23H27N3O3S2. The predicted molar refractivity (Wildman–Crippen MR) is 129 cm³/mol. The Morgan fingerprint density at radius 2 is 1.81 bits per heavy atom. The van der Waals surface area contributed by atoms with Crippen molar-refractivity contribution in [2.75, 3.05) is 23.0 Å². The molecule has 2 aromatic carbocycles. The van der Waals surface area contributed by atoms with E-state index in [1.54, 1.807) is 0 Å². The molecule has 0 atom stereocenters. The van der Waals surface area contributed by atoms with Gasteiger partial charge < -0.3 is 15.4 Å². The average Bonchev–Trinajstić information content (AvgIpc) is 3.07. The molecule has 0 bridgehead atoms. The van der Waals surface area contributed by atoms with Gasteiger partial charge in [-0.05, 0) is 54.8 Å². The Bertz CT molecular complexity index is 1060. The van der Waals surface area contributed by atoms with Gasteiger partial charge in [-0.25, -0.2) is 4.98 Å². The first-order valence-electron chi connectivity index (χ1n) is 10.1. The number of fused-ring (bicyclic) bond motifs is 1. The maximum absolute atomic E-state index is 12.3. The summed E-state index contributed by atoms with van der Waals surface area (Å²) in [5.74, 6) is 0.953. The van der Waals surface area contributed by atoms with E-state index in [1.165, 1.54) is 23.1 Å². The van der Waals surface area contributed by atoms with Crippen LogP contribution in [0.2, 0.25) is 0 Å². The minimum atomic E-state index is -0.114. The molecule has 0 spiro atoms. The molecule has 0 saturated heterocycles. The fraction of sp³-hybridized carbons (Fsp3) is 0.348. The van der Waals surface area contributed by atoms with Crippen molar-refractivity contribution in [3.63, 3.8) is 0 Å². The summed E-state index contributed by atoms with van der Waals surface area (Å²) in [6, 6.07) is 13.2. The first kappa shape index (κ1) is 23.1. The number of nitrogens with one attached hydrogen (secondary N) is 2. The Labute approximate surface area is 190 Å². The van der Waals surface area contributed by atoms with Crippen LogP contribution >= 0.6 is 23.1 Å². The van der Waals surface area contributed by atoms with Crippen LogP contribution in [0.3, 0.4) is 0 Å². The molecule has 1 heterocycles. The minimum Gasteiger partial charge on any atom is -0.494 e. The maximum Gasteiger partial charge on any atom is 0.236 e. The lowest BCUT2D eigenvalue weighted by Gasteiger charge is -2.17. The number of benzene rings is 2. The van der Waals surface area contributed by atoms with Crippen LogP contribution in [-0.4, -0.2) is 29.2 Å². The van der Waals surface area contributed by atoms with Crippen LogP contribution in [0, 0.1) is 5.41 Å². The molecule has 0 radical (unpaired) electrons. The van der Waals surface area contributed by atoms with Gasteiger partial charge in [0.2, 0.25) is 11.8 Å². The molecule has 31 heavy (non-hydrogen) atoms. The van der Waals surface area contributed by atoms with Crippen molar-refractivity contribution < 1.29 is 14.3 Å². The third kappa shape index (κ3) is 7.25. The van der Waals surface area contributed by atoms with Crippen LogP contribution in [-0.2, 0) is 9.59 Å². The number of thioether (sulfide) groups is 1. The number of nitrogens with zero attached hydrogens (tertiary/aromatic N) is 1. The summed E-state index contributed by atoms with van der Waals surface area (Å²) < 4.78 is 6.48. The maximum atomic E-state index is 12.3. The van der Waals surface area contributed by atoms with Gasteiger partial charge in [-0.3, -0.25) is 9.59 Å². The van der Waals surface area contributed by atoms with Gasteiger partial charge in [0.05, 0.1) is 22.6 Å². The van der Waals surface area contributed by atoms with E-state index in [4.69, 9.17) is 4.74 Å². The number of aromatic nitrogens is 1. The lowest BCUT2D eigenvalue weighted by atomic mass is 9.92. The molecule has 1 aromatic heterocycles. The summed E-state index contributed by atoms with van der Waals surface area (Å²) in [4.78, 5) is 29.8. The van der Waals surface area contributed by atoms with E-state index in [-0.39, 0.29) is 23.0 Å². The lowest BCUT2D eigenvalue weighted by molar-refractivity contribution is -0.118. The predicted octanol–water partition coefficient (Wildman–Crippen LogP) is 5.80. The first-order valence-corrected chi connectivity index (χ1v) is 11.9. The van der Waals surface area contributed by atoms with E-state index < -0.39 is 0 Å². The van der Waals surface area contributed by atoms with Crippen LogP contribution in [0.5, 0.6) is 5.75 Å². The highest BCUT2D eigenvalue weighted by molar-refractivity contribution is 8.00. The lowest BCUT2D eigenvalue weighted by Crippen LogP contribution is -2.19. The molecule has 6 nitrogen and oxygen atoms in total. The molecule has 0 saturated carbocycles. The number of rotatable bonds is 8. The second kappa shape index (κ2) is 10.2. The Kier molecular flexibility index (Phi) is 7.56. The number of amides is 2. The molecule has 0 unspecified atom stereocenters. The summed E-state index contributed by atoms with van der Waals surface area (Å²) in [5, 5.41) is 6.34. The molecule has 0 aliphatic rings. The second-order valence-corrected chi connectivity index (χ2v) is 10.3. The zero-order valence-corrected chi connectivity index (χ0v) is 19.8. The standard InChI is InChI=1S/C23H27N3O3S2/c1-5-29-16-8-11-18-19(12-16)31-22(25-18)26-21(28)14-30-17-9-6-15(7-10-17)24-20(27)13-23(2,3)4/h6-12H,5,13-14H2,1-4H3,(H,24,27)(H,25,26,28). The average molecular weight is 458 g/mol. The zero-order valence-electron chi connectivity index (χ0n) is 18.2. The number of carbonyl (C=O) groups excluding carboxylic acids is 2. The number of thiazole rings is 1. The third-order valence-corrected chi connectivity index (χ3v) is 6.06. The summed E-state index contributed by atoms with van der Waals surface area (Å²) >= 11 is 2.86. The molecule has 2 amide bonds. The van der Waals surface area contributed by atoms with Crippen molar-refractivity contribution in [2.45, 2.75) is 39.0 Å². The smallest absolute Gasteiger partial charge is 0.236 e. The molecule has 8 heteroatoms. The van der Waals surface area contributed by atoms with E-state index in [2.05, 4.69) is 15.6 Å². The van der Waals surface area contributed by atoms with Gasteiger partial charge in [0.25, 0.3) is 0 Å². The Hall–Kier alpha value is -2.58. The highest BCUT2D eigenvalue weighted by Gasteiger charge is 2.16. The molecule has 3 rings (SSSR count). The topological polar surface area (TPSA) is 80.3 Å². The van der Waals surface area contributed by atoms with Crippen LogP contribution in [0.4, 0.5) is 10.8 Å². The van der Waals surface area contributed by atoms with Gasteiger partial charge in [0, 0.05) is 17.0 Å². The normalized spacial score (nSPS) is 11.4. The van der Waals surface area contributed by atoms with Gasteiger partial charge >= 0.3 is 0 Å². The fourth-order valence-corrected chi connectivity index (χ4v) is 4.45. The molecule has 0 fully saturated rings. The molecule has 164 valence electrons. The van der Waals surface area contributed by atoms with E-state index in [0.29, 0.717) is 18.2 Å². The van der Waals surface area contributed by atoms with Crippen molar-refractivity contribution in [1.29, 1.82) is 0 Å². The summed E-state index contributed by atoms with van der Waals surface area (Å²) in [6.45, 7) is 8.64. The minimum absolute atomic E-state index is 0.00325. The van der Waals surface area contributed by atoms with Gasteiger partial charge in [0.15, 0.2) is 5.13 Å². The van der Waals surface area contributed by atoms with Crippen molar-refractivity contribution in [3.8, 4) is 5.75 Å². The van der Waals surface area contributed by atoms with Gasteiger partial charge in [-0.2, -0.15) is 0 Å². The Morgan fingerprint density at radius 1 is 1.06 bits per heavy atom. The van der Waals surface area contributed by atoms with Crippen LogP contribution in [0.1, 0.15) is 34.1 Å². The first-order chi connectivity index (χ1) is 14.7.